The molecule has 0 radical (unpaired) electrons. The monoisotopic (exact) mass is 378 g/mol. The highest BCUT2D eigenvalue weighted by molar-refractivity contribution is 7.12. The van der Waals surface area contributed by atoms with Crippen LogP contribution in [0.2, 0.25) is 0 Å². The number of carbonyl (C=O) groups is 2. The minimum atomic E-state index is -0.603. The quantitative estimate of drug-likeness (QED) is 0.647. The van der Waals surface area contributed by atoms with E-state index in [0.717, 1.165) is 11.1 Å². The van der Waals surface area contributed by atoms with Crippen LogP contribution in [0.4, 0.5) is 5.69 Å². The Morgan fingerprint density at radius 2 is 1.52 bits per heavy atom. The zero-order valence-corrected chi connectivity index (χ0v) is 16.1. The maximum absolute atomic E-state index is 12.7. The van der Waals surface area contributed by atoms with Crippen molar-refractivity contribution in [1.29, 1.82) is 0 Å². The molecule has 0 unspecified atom stereocenters. The van der Waals surface area contributed by atoms with Crippen molar-refractivity contribution in [2.75, 3.05) is 5.32 Å². The molecule has 5 heteroatoms. The number of rotatable bonds is 6. The fourth-order valence-corrected chi connectivity index (χ4v) is 3.38. The Kier molecular flexibility index (Phi) is 6.04. The van der Waals surface area contributed by atoms with Crippen LogP contribution in [-0.4, -0.2) is 17.9 Å². The summed E-state index contributed by atoms with van der Waals surface area (Å²) in [7, 11) is 0. The van der Waals surface area contributed by atoms with Crippen molar-refractivity contribution >= 4 is 28.8 Å². The summed E-state index contributed by atoms with van der Waals surface area (Å²) < 4.78 is 0. The Morgan fingerprint density at radius 1 is 0.852 bits per heavy atom. The van der Waals surface area contributed by atoms with E-state index in [2.05, 4.69) is 10.6 Å². The fraction of sp³-hybridized carbons (Fsp3) is 0.182. The molecule has 3 aromatic rings. The number of thiophene rings is 1. The Bertz CT molecular complexity index is 888. The van der Waals surface area contributed by atoms with Gasteiger partial charge in [-0.2, -0.15) is 0 Å². The molecular formula is C22H22N2O2S. The number of carbonyl (C=O) groups excluding carboxylic acids is 2. The molecule has 0 fully saturated rings. The predicted molar refractivity (Wildman–Crippen MR) is 111 cm³/mol. The van der Waals surface area contributed by atoms with Crippen molar-refractivity contribution in [3.05, 3.63) is 77.0 Å². The van der Waals surface area contributed by atoms with E-state index in [1.807, 2.05) is 79.9 Å². The molecule has 0 aliphatic carbocycles. The smallest absolute Gasteiger partial charge is 0.262 e. The van der Waals surface area contributed by atoms with E-state index in [1.165, 1.54) is 11.3 Å². The van der Waals surface area contributed by atoms with Gasteiger partial charge < -0.3 is 10.6 Å². The topological polar surface area (TPSA) is 58.2 Å². The van der Waals surface area contributed by atoms with Gasteiger partial charge in [-0.05, 0) is 40.6 Å². The molecule has 0 spiro atoms. The van der Waals surface area contributed by atoms with Crippen LogP contribution in [0.25, 0.3) is 11.1 Å². The highest BCUT2D eigenvalue weighted by Gasteiger charge is 2.25. The Labute approximate surface area is 163 Å². The average molecular weight is 378 g/mol. The van der Waals surface area contributed by atoms with Gasteiger partial charge in [-0.25, -0.2) is 0 Å². The molecule has 0 aliphatic rings. The van der Waals surface area contributed by atoms with Crippen LogP contribution in [0.3, 0.4) is 0 Å². The summed E-state index contributed by atoms with van der Waals surface area (Å²) in [6.07, 6.45) is 0. The third-order valence-electron chi connectivity index (χ3n) is 4.24. The fourth-order valence-electron chi connectivity index (χ4n) is 2.75. The average Bonchev–Trinajstić information content (AvgIpc) is 3.22. The maximum Gasteiger partial charge on any atom is 0.262 e. The number of benzene rings is 2. The second-order valence-corrected chi connectivity index (χ2v) is 7.55. The zero-order valence-electron chi connectivity index (χ0n) is 15.3. The molecule has 1 aromatic heterocycles. The molecule has 0 aliphatic heterocycles. The second kappa shape index (κ2) is 8.64. The van der Waals surface area contributed by atoms with Crippen LogP contribution in [0, 0.1) is 5.92 Å². The van der Waals surface area contributed by atoms with Crippen LogP contribution in [-0.2, 0) is 4.79 Å². The van der Waals surface area contributed by atoms with Crippen LogP contribution in [0.15, 0.2) is 72.1 Å². The Balaban J connectivity index is 1.67. The molecule has 27 heavy (non-hydrogen) atoms. The molecule has 3 rings (SSSR count). The van der Waals surface area contributed by atoms with Gasteiger partial charge in [0.2, 0.25) is 5.91 Å². The van der Waals surface area contributed by atoms with E-state index in [4.69, 9.17) is 0 Å². The summed E-state index contributed by atoms with van der Waals surface area (Å²) in [6.45, 7) is 3.83. The first-order chi connectivity index (χ1) is 13.0. The summed E-state index contributed by atoms with van der Waals surface area (Å²) in [5, 5.41) is 7.58. The summed E-state index contributed by atoms with van der Waals surface area (Å²) in [6, 6.07) is 20.7. The molecule has 0 bridgehead atoms. The molecule has 2 amide bonds. The van der Waals surface area contributed by atoms with E-state index >= 15 is 0 Å². The lowest BCUT2D eigenvalue weighted by atomic mass is 10.0. The number of hydrogen-bond acceptors (Lipinski definition) is 3. The van der Waals surface area contributed by atoms with Gasteiger partial charge in [-0.15, -0.1) is 11.3 Å². The van der Waals surface area contributed by atoms with Gasteiger partial charge >= 0.3 is 0 Å². The number of amides is 2. The van der Waals surface area contributed by atoms with Crippen LogP contribution in [0.5, 0.6) is 0 Å². The number of nitrogens with one attached hydrogen (secondary N) is 2. The van der Waals surface area contributed by atoms with Gasteiger partial charge in [-0.1, -0.05) is 62.4 Å². The standard InChI is InChI=1S/C22H22N2O2S/c1-15(2)20(24-21(25)19-9-6-14-27-19)22(26)23-18-12-10-17(11-13-18)16-7-4-3-5-8-16/h3-15,20H,1-2H3,(H,23,26)(H,24,25)/t20-/m0/s1. The molecule has 4 nitrogen and oxygen atoms in total. The summed E-state index contributed by atoms with van der Waals surface area (Å²) in [5.41, 5.74) is 2.91. The third kappa shape index (κ3) is 4.83. The Hall–Kier alpha value is -2.92. The molecule has 1 heterocycles. The maximum atomic E-state index is 12.7. The Morgan fingerprint density at radius 3 is 2.11 bits per heavy atom. The van der Waals surface area contributed by atoms with Crippen molar-refractivity contribution in [1.82, 2.24) is 5.32 Å². The first-order valence-electron chi connectivity index (χ1n) is 8.85. The lowest BCUT2D eigenvalue weighted by Crippen LogP contribution is -2.46. The lowest BCUT2D eigenvalue weighted by molar-refractivity contribution is -0.118. The van der Waals surface area contributed by atoms with Gasteiger partial charge in [0.05, 0.1) is 4.88 Å². The van der Waals surface area contributed by atoms with Gasteiger partial charge in [0.25, 0.3) is 5.91 Å². The zero-order chi connectivity index (χ0) is 19.2. The van der Waals surface area contributed by atoms with Crippen molar-refractivity contribution in [2.45, 2.75) is 19.9 Å². The van der Waals surface area contributed by atoms with Crippen molar-refractivity contribution in [3.63, 3.8) is 0 Å². The highest BCUT2D eigenvalue weighted by Crippen LogP contribution is 2.21. The molecule has 2 aromatic carbocycles. The van der Waals surface area contributed by atoms with Crippen LogP contribution < -0.4 is 10.6 Å². The predicted octanol–water partition coefficient (Wildman–Crippen LogP) is 4.81. The number of anilines is 1. The van der Waals surface area contributed by atoms with E-state index in [1.54, 1.807) is 6.07 Å². The molecule has 1 atom stereocenters. The summed E-state index contributed by atoms with van der Waals surface area (Å²) >= 11 is 1.36. The molecular weight excluding hydrogens is 356 g/mol. The molecule has 0 saturated heterocycles. The third-order valence-corrected chi connectivity index (χ3v) is 5.11. The normalized spacial score (nSPS) is 11.8. The van der Waals surface area contributed by atoms with E-state index in [0.29, 0.717) is 10.6 Å². The van der Waals surface area contributed by atoms with Crippen molar-refractivity contribution in [3.8, 4) is 11.1 Å². The van der Waals surface area contributed by atoms with Gasteiger partial charge in [0.1, 0.15) is 6.04 Å². The van der Waals surface area contributed by atoms with E-state index in [-0.39, 0.29) is 17.7 Å². The summed E-state index contributed by atoms with van der Waals surface area (Å²) in [4.78, 5) is 25.6. The van der Waals surface area contributed by atoms with Gasteiger partial charge in [-0.3, -0.25) is 9.59 Å². The molecule has 2 N–H and O–H groups in total. The minimum absolute atomic E-state index is 0.0301. The first kappa shape index (κ1) is 18.9. The lowest BCUT2D eigenvalue weighted by Gasteiger charge is -2.21. The van der Waals surface area contributed by atoms with E-state index in [9.17, 15) is 9.59 Å². The summed E-state index contributed by atoms with van der Waals surface area (Å²) in [5.74, 6) is -0.474. The first-order valence-corrected chi connectivity index (χ1v) is 9.73. The van der Waals surface area contributed by atoms with Crippen molar-refractivity contribution < 1.29 is 9.59 Å². The largest absolute Gasteiger partial charge is 0.339 e. The molecule has 138 valence electrons. The van der Waals surface area contributed by atoms with E-state index < -0.39 is 6.04 Å². The second-order valence-electron chi connectivity index (χ2n) is 6.61. The highest BCUT2D eigenvalue weighted by atomic mass is 32.1. The minimum Gasteiger partial charge on any atom is -0.339 e. The van der Waals surface area contributed by atoms with Crippen LogP contribution >= 0.6 is 11.3 Å². The molecule has 0 saturated carbocycles. The van der Waals surface area contributed by atoms with Crippen molar-refractivity contribution in [2.24, 2.45) is 5.92 Å². The van der Waals surface area contributed by atoms with Gasteiger partial charge in [0, 0.05) is 5.69 Å². The number of hydrogen-bond donors (Lipinski definition) is 2. The van der Waals surface area contributed by atoms with Gasteiger partial charge in [0.15, 0.2) is 0 Å². The van der Waals surface area contributed by atoms with Crippen LogP contribution in [0.1, 0.15) is 23.5 Å². The SMILES string of the molecule is CC(C)[C@H](NC(=O)c1cccs1)C(=O)Nc1ccc(-c2ccccc2)cc1.